The number of pyridine rings is 1. The Bertz CT molecular complexity index is 267. The maximum Gasteiger partial charge on any atom is 0.101 e. The summed E-state index contributed by atoms with van der Waals surface area (Å²) < 4.78 is 0. The molecule has 70 valence electrons. The number of nitriles is 1. The monoisotopic (exact) mass is 176 g/mol. The number of nitrogens with zero attached hydrogens (tertiary/aromatic N) is 2. The molecule has 0 aromatic carbocycles. The quantitative estimate of drug-likeness (QED) is 0.659. The Morgan fingerprint density at radius 3 is 2.23 bits per heavy atom. The zero-order chi connectivity index (χ0) is 10.3. The summed E-state index contributed by atoms with van der Waals surface area (Å²) in [6.45, 7) is 8.16. The molecule has 0 aliphatic heterocycles. The summed E-state index contributed by atoms with van der Waals surface area (Å²) in [7, 11) is 0. The van der Waals surface area contributed by atoms with Crippen LogP contribution in [-0.4, -0.2) is 4.98 Å². The molecule has 1 aromatic heterocycles. The lowest BCUT2D eigenvalue weighted by Gasteiger charge is -2.01. The summed E-state index contributed by atoms with van der Waals surface area (Å²) in [5.41, 5.74) is 1.65. The molecule has 0 spiro atoms. The average Bonchev–Trinajstić information content (AvgIpc) is 2.21. The molecule has 0 saturated heterocycles. The van der Waals surface area contributed by atoms with Gasteiger partial charge in [0.2, 0.25) is 0 Å². The summed E-state index contributed by atoms with van der Waals surface area (Å²) in [5, 5.41) is 8.48. The van der Waals surface area contributed by atoms with Crippen LogP contribution in [0.25, 0.3) is 0 Å². The Balaban J connectivity index is 0.000000671. The molecule has 1 aromatic rings. The molecule has 0 radical (unpaired) electrons. The van der Waals surface area contributed by atoms with Gasteiger partial charge in [-0.1, -0.05) is 27.7 Å². The topological polar surface area (TPSA) is 36.7 Å². The molecule has 2 nitrogen and oxygen atoms in total. The summed E-state index contributed by atoms with van der Waals surface area (Å²) in [4.78, 5) is 4.13. The largest absolute Gasteiger partial charge is 0.260 e. The fourth-order valence-corrected chi connectivity index (χ4v) is 0.813. The fourth-order valence-electron chi connectivity index (χ4n) is 0.813. The smallest absolute Gasteiger partial charge is 0.101 e. The third-order valence-corrected chi connectivity index (χ3v) is 1.51. The lowest BCUT2D eigenvalue weighted by Crippen LogP contribution is -1.91. The van der Waals surface area contributed by atoms with Crippen molar-refractivity contribution in [2.45, 2.75) is 33.6 Å². The molecule has 0 N–H and O–H groups in total. The molecule has 0 aliphatic carbocycles. The highest BCUT2D eigenvalue weighted by Crippen LogP contribution is 2.10. The van der Waals surface area contributed by atoms with Gasteiger partial charge in [-0.3, -0.25) is 4.98 Å². The second-order valence-corrected chi connectivity index (χ2v) is 2.74. The maximum absolute atomic E-state index is 8.48. The van der Waals surface area contributed by atoms with Crippen molar-refractivity contribution in [3.05, 3.63) is 29.6 Å². The molecule has 13 heavy (non-hydrogen) atoms. The van der Waals surface area contributed by atoms with E-state index in [1.807, 2.05) is 26.0 Å². The molecular formula is C11H16N2. The first kappa shape index (κ1) is 11.6. The Hall–Kier alpha value is -1.36. The molecule has 0 bridgehead atoms. The molecule has 0 unspecified atom stereocenters. The first-order chi connectivity index (χ1) is 6.24. The average molecular weight is 176 g/mol. The van der Waals surface area contributed by atoms with Crippen LogP contribution < -0.4 is 0 Å². The van der Waals surface area contributed by atoms with E-state index in [1.165, 1.54) is 0 Å². The van der Waals surface area contributed by atoms with Crippen molar-refractivity contribution in [1.82, 2.24) is 4.98 Å². The van der Waals surface area contributed by atoms with E-state index in [0.29, 0.717) is 11.5 Å². The number of hydrogen-bond donors (Lipinski definition) is 0. The minimum absolute atomic E-state index is 0.433. The lowest BCUT2D eigenvalue weighted by molar-refractivity contribution is 0.822. The summed E-state index contributed by atoms with van der Waals surface area (Å²) in [5.74, 6) is 0.433. The minimum Gasteiger partial charge on any atom is -0.260 e. The van der Waals surface area contributed by atoms with Crippen LogP contribution in [0.4, 0.5) is 0 Å². The highest BCUT2D eigenvalue weighted by Gasteiger charge is 1.98. The van der Waals surface area contributed by atoms with Crippen LogP contribution in [0.5, 0.6) is 0 Å². The second kappa shape index (κ2) is 6.19. The van der Waals surface area contributed by atoms with Crippen LogP contribution in [0.2, 0.25) is 0 Å². The normalized spacial score (nSPS) is 8.62. The maximum atomic E-state index is 8.48. The van der Waals surface area contributed by atoms with E-state index >= 15 is 0 Å². The van der Waals surface area contributed by atoms with E-state index < -0.39 is 0 Å². The van der Waals surface area contributed by atoms with Gasteiger partial charge in [0.05, 0.1) is 5.56 Å². The number of aromatic nitrogens is 1. The first-order valence-electron chi connectivity index (χ1n) is 4.60. The molecule has 1 rings (SSSR count). The number of rotatable bonds is 1. The van der Waals surface area contributed by atoms with Gasteiger partial charge in [0.1, 0.15) is 6.07 Å². The van der Waals surface area contributed by atoms with Gasteiger partial charge >= 0.3 is 0 Å². The van der Waals surface area contributed by atoms with Crippen molar-refractivity contribution in [3.8, 4) is 6.07 Å². The van der Waals surface area contributed by atoms with Crippen LogP contribution >= 0.6 is 0 Å². The van der Waals surface area contributed by atoms with E-state index in [1.54, 1.807) is 12.3 Å². The van der Waals surface area contributed by atoms with Crippen LogP contribution in [0, 0.1) is 11.3 Å². The summed E-state index contributed by atoms with van der Waals surface area (Å²) in [6, 6.07) is 5.72. The Kier molecular flexibility index (Phi) is 5.54. The van der Waals surface area contributed by atoms with E-state index in [-0.39, 0.29) is 0 Å². The lowest BCUT2D eigenvalue weighted by atomic mass is 10.1. The van der Waals surface area contributed by atoms with Crippen LogP contribution in [-0.2, 0) is 0 Å². The predicted octanol–water partition coefficient (Wildman–Crippen LogP) is 3.10. The fraction of sp³-hybridized carbons (Fsp3) is 0.455. The van der Waals surface area contributed by atoms with Crippen molar-refractivity contribution in [3.63, 3.8) is 0 Å². The molecule has 1 heterocycles. The molecule has 0 saturated carbocycles. The molecule has 2 heteroatoms. The number of hydrogen-bond acceptors (Lipinski definition) is 2. The van der Waals surface area contributed by atoms with Crippen molar-refractivity contribution < 1.29 is 0 Å². The van der Waals surface area contributed by atoms with Crippen LogP contribution in [0.15, 0.2) is 18.3 Å². The summed E-state index contributed by atoms with van der Waals surface area (Å²) >= 11 is 0. The van der Waals surface area contributed by atoms with Gasteiger partial charge in [0.25, 0.3) is 0 Å². The van der Waals surface area contributed by atoms with Gasteiger partial charge in [0, 0.05) is 11.9 Å². The van der Waals surface area contributed by atoms with Gasteiger partial charge in [-0.15, -0.1) is 0 Å². The van der Waals surface area contributed by atoms with Gasteiger partial charge in [-0.05, 0) is 18.1 Å². The zero-order valence-corrected chi connectivity index (χ0v) is 8.70. The van der Waals surface area contributed by atoms with E-state index in [4.69, 9.17) is 5.26 Å². The highest BCUT2D eigenvalue weighted by atomic mass is 14.7. The third-order valence-electron chi connectivity index (χ3n) is 1.51. The molecule has 0 fully saturated rings. The zero-order valence-electron chi connectivity index (χ0n) is 8.70. The SMILES string of the molecule is CC.CC(C)c1ccc(C#N)cn1. The molecule has 0 atom stereocenters. The summed E-state index contributed by atoms with van der Waals surface area (Å²) in [6.07, 6.45) is 1.61. The van der Waals surface area contributed by atoms with Crippen LogP contribution in [0.3, 0.4) is 0 Å². The van der Waals surface area contributed by atoms with Crippen molar-refractivity contribution in [1.29, 1.82) is 5.26 Å². The first-order valence-corrected chi connectivity index (χ1v) is 4.60. The van der Waals surface area contributed by atoms with Crippen molar-refractivity contribution in [2.24, 2.45) is 0 Å². The van der Waals surface area contributed by atoms with Crippen molar-refractivity contribution in [2.75, 3.05) is 0 Å². The Morgan fingerprint density at radius 2 is 1.92 bits per heavy atom. The van der Waals surface area contributed by atoms with Gasteiger partial charge in [-0.2, -0.15) is 5.26 Å². The standard InChI is InChI=1S/C9H10N2.C2H6/c1-7(2)9-4-3-8(5-10)6-11-9;1-2/h3-4,6-7H,1-2H3;1-2H3. The van der Waals surface area contributed by atoms with E-state index in [9.17, 15) is 0 Å². The van der Waals surface area contributed by atoms with Gasteiger partial charge in [0.15, 0.2) is 0 Å². The predicted molar refractivity (Wildman–Crippen MR) is 54.4 cm³/mol. The van der Waals surface area contributed by atoms with Gasteiger partial charge < -0.3 is 0 Å². The van der Waals surface area contributed by atoms with Crippen molar-refractivity contribution >= 4 is 0 Å². The molecule has 0 aliphatic rings. The minimum atomic E-state index is 0.433. The van der Waals surface area contributed by atoms with E-state index in [2.05, 4.69) is 18.8 Å². The molecular weight excluding hydrogens is 160 g/mol. The van der Waals surface area contributed by atoms with E-state index in [0.717, 1.165) is 5.69 Å². The molecule has 0 amide bonds. The Labute approximate surface area is 80.2 Å². The third kappa shape index (κ3) is 3.71. The Morgan fingerprint density at radius 1 is 1.31 bits per heavy atom. The van der Waals surface area contributed by atoms with Gasteiger partial charge in [-0.25, -0.2) is 0 Å². The second-order valence-electron chi connectivity index (χ2n) is 2.74. The highest BCUT2D eigenvalue weighted by molar-refractivity contribution is 5.26. The van der Waals surface area contributed by atoms with Crippen LogP contribution in [0.1, 0.15) is 44.9 Å².